The summed E-state index contributed by atoms with van der Waals surface area (Å²) in [5, 5.41) is 9.61. The van der Waals surface area contributed by atoms with Crippen molar-refractivity contribution in [2.45, 2.75) is 18.8 Å². The Labute approximate surface area is 147 Å². The van der Waals surface area contributed by atoms with Gasteiger partial charge in [0.15, 0.2) is 0 Å². The number of benzene rings is 2. The third kappa shape index (κ3) is 2.96. The minimum absolute atomic E-state index is 0.186. The van der Waals surface area contributed by atoms with Crippen molar-refractivity contribution in [1.82, 2.24) is 10.2 Å². The second kappa shape index (κ2) is 6.33. The van der Waals surface area contributed by atoms with Crippen LogP contribution in [-0.4, -0.2) is 16.1 Å². The number of anilines is 1. The number of hydrogen-bond donors (Lipinski definition) is 2. The molecule has 1 heterocycles. The lowest BCUT2D eigenvalue weighted by atomic mass is 10.1. The first-order chi connectivity index (χ1) is 12.5. The van der Waals surface area contributed by atoms with Crippen molar-refractivity contribution in [1.29, 1.82) is 0 Å². The summed E-state index contributed by atoms with van der Waals surface area (Å²) in [4.78, 5) is 12.5. The van der Waals surface area contributed by atoms with E-state index >= 15 is 0 Å². The summed E-state index contributed by atoms with van der Waals surface area (Å²) in [5.74, 6) is -3.08. The standard InChI is InChI=1S/C19H14F3N3O/c20-12-4-1-3-11(9-12)17-18(16(24-25-17)10-7-8-10)23-19(26)15-13(21)5-2-6-14(15)22/h1-6,9-10H,7-8H2,(H,23,26)(H,24,25). The van der Waals surface area contributed by atoms with Gasteiger partial charge in [-0.1, -0.05) is 18.2 Å². The predicted molar refractivity (Wildman–Crippen MR) is 90.3 cm³/mol. The quantitative estimate of drug-likeness (QED) is 0.716. The Morgan fingerprint density at radius 1 is 1.08 bits per heavy atom. The van der Waals surface area contributed by atoms with E-state index in [-0.39, 0.29) is 5.92 Å². The van der Waals surface area contributed by atoms with Crippen molar-refractivity contribution in [3.05, 3.63) is 71.2 Å². The van der Waals surface area contributed by atoms with Crippen molar-refractivity contribution in [2.24, 2.45) is 0 Å². The summed E-state index contributed by atoms with van der Waals surface area (Å²) in [7, 11) is 0. The largest absolute Gasteiger partial charge is 0.318 e. The second-order valence-electron chi connectivity index (χ2n) is 6.20. The van der Waals surface area contributed by atoms with Gasteiger partial charge in [0.2, 0.25) is 0 Å². The number of aromatic amines is 1. The van der Waals surface area contributed by atoms with Crippen LogP contribution in [0, 0.1) is 17.5 Å². The van der Waals surface area contributed by atoms with Gasteiger partial charge < -0.3 is 5.32 Å². The number of aromatic nitrogens is 2. The van der Waals surface area contributed by atoms with Gasteiger partial charge in [0.25, 0.3) is 5.91 Å². The molecule has 1 saturated carbocycles. The molecule has 0 atom stereocenters. The van der Waals surface area contributed by atoms with Crippen molar-refractivity contribution >= 4 is 11.6 Å². The molecule has 4 rings (SSSR count). The normalized spacial score (nSPS) is 13.7. The van der Waals surface area contributed by atoms with Gasteiger partial charge in [-0.3, -0.25) is 9.89 Å². The molecule has 2 aromatic carbocycles. The second-order valence-corrected chi connectivity index (χ2v) is 6.20. The van der Waals surface area contributed by atoms with Crippen LogP contribution in [0.4, 0.5) is 18.9 Å². The minimum atomic E-state index is -0.953. The fraction of sp³-hybridized carbons (Fsp3) is 0.158. The van der Waals surface area contributed by atoms with E-state index in [1.54, 1.807) is 6.07 Å². The SMILES string of the molecule is O=C(Nc1c(-c2cccc(F)c2)n[nH]c1C1CC1)c1c(F)cccc1F. The molecule has 0 unspecified atom stereocenters. The third-order valence-electron chi connectivity index (χ3n) is 4.31. The molecule has 0 radical (unpaired) electrons. The first-order valence-electron chi connectivity index (χ1n) is 8.14. The van der Waals surface area contributed by atoms with Gasteiger partial charge in [0, 0.05) is 11.5 Å². The number of H-pyrrole nitrogens is 1. The first-order valence-corrected chi connectivity index (χ1v) is 8.14. The van der Waals surface area contributed by atoms with E-state index in [9.17, 15) is 18.0 Å². The Morgan fingerprint density at radius 3 is 2.42 bits per heavy atom. The average Bonchev–Trinajstić information content (AvgIpc) is 3.36. The third-order valence-corrected chi connectivity index (χ3v) is 4.31. The number of carbonyl (C=O) groups is 1. The molecule has 0 spiro atoms. The van der Waals surface area contributed by atoms with Gasteiger partial charge in [-0.15, -0.1) is 0 Å². The van der Waals surface area contributed by atoms with E-state index in [1.807, 2.05) is 0 Å². The molecule has 1 aliphatic carbocycles. The summed E-state index contributed by atoms with van der Waals surface area (Å²) in [6.07, 6.45) is 1.84. The van der Waals surface area contributed by atoms with E-state index in [0.29, 0.717) is 22.6 Å². The van der Waals surface area contributed by atoms with Crippen LogP contribution in [0.3, 0.4) is 0 Å². The lowest BCUT2D eigenvalue weighted by Crippen LogP contribution is -2.17. The molecular weight excluding hydrogens is 343 g/mol. The molecule has 1 fully saturated rings. The molecule has 132 valence electrons. The van der Waals surface area contributed by atoms with Gasteiger partial charge in [0.05, 0.1) is 11.4 Å². The van der Waals surface area contributed by atoms with Gasteiger partial charge in [-0.2, -0.15) is 5.10 Å². The lowest BCUT2D eigenvalue weighted by Gasteiger charge is -2.10. The van der Waals surface area contributed by atoms with E-state index in [2.05, 4.69) is 15.5 Å². The van der Waals surface area contributed by atoms with E-state index in [4.69, 9.17) is 0 Å². The molecule has 3 aromatic rings. The fourth-order valence-corrected chi connectivity index (χ4v) is 2.88. The highest BCUT2D eigenvalue weighted by molar-refractivity contribution is 6.06. The fourth-order valence-electron chi connectivity index (χ4n) is 2.88. The average molecular weight is 357 g/mol. The lowest BCUT2D eigenvalue weighted by molar-refractivity contribution is 0.101. The van der Waals surface area contributed by atoms with Crippen molar-refractivity contribution < 1.29 is 18.0 Å². The monoisotopic (exact) mass is 357 g/mol. The van der Waals surface area contributed by atoms with E-state index in [0.717, 1.165) is 25.0 Å². The zero-order valence-corrected chi connectivity index (χ0v) is 13.5. The van der Waals surface area contributed by atoms with Gasteiger partial charge in [0.1, 0.15) is 28.7 Å². The molecular formula is C19H14F3N3O. The maximum absolute atomic E-state index is 13.9. The molecule has 4 nitrogen and oxygen atoms in total. The van der Waals surface area contributed by atoms with E-state index in [1.165, 1.54) is 24.3 Å². The predicted octanol–water partition coefficient (Wildman–Crippen LogP) is 4.62. The molecule has 7 heteroatoms. The van der Waals surface area contributed by atoms with E-state index < -0.39 is 28.9 Å². The highest BCUT2D eigenvalue weighted by Gasteiger charge is 2.31. The van der Waals surface area contributed by atoms with Crippen molar-refractivity contribution in [3.63, 3.8) is 0 Å². The summed E-state index contributed by atoms with van der Waals surface area (Å²) < 4.78 is 41.4. The number of nitrogens with one attached hydrogen (secondary N) is 2. The molecule has 0 bridgehead atoms. The Bertz CT molecular complexity index is 975. The summed E-state index contributed by atoms with van der Waals surface area (Å²) in [5.41, 5.74) is 1.12. The Hall–Kier alpha value is -3.09. The molecule has 2 N–H and O–H groups in total. The van der Waals surface area contributed by atoms with Crippen LogP contribution in [-0.2, 0) is 0 Å². The maximum Gasteiger partial charge on any atom is 0.261 e. The minimum Gasteiger partial charge on any atom is -0.318 e. The summed E-state index contributed by atoms with van der Waals surface area (Å²) in [6, 6.07) is 8.98. The maximum atomic E-state index is 13.9. The number of amides is 1. The Balaban J connectivity index is 1.76. The zero-order valence-electron chi connectivity index (χ0n) is 13.5. The summed E-state index contributed by atoms with van der Waals surface area (Å²) >= 11 is 0. The molecule has 1 aromatic heterocycles. The van der Waals surface area contributed by atoms with Crippen LogP contribution in [0.5, 0.6) is 0 Å². The first kappa shape index (κ1) is 16.4. The zero-order chi connectivity index (χ0) is 18.3. The number of nitrogens with zero attached hydrogens (tertiary/aromatic N) is 1. The van der Waals surface area contributed by atoms with Gasteiger partial charge in [-0.05, 0) is 37.1 Å². The van der Waals surface area contributed by atoms with Crippen LogP contribution in [0.15, 0.2) is 42.5 Å². The molecule has 1 amide bonds. The van der Waals surface area contributed by atoms with Crippen LogP contribution in [0.1, 0.15) is 34.8 Å². The Kier molecular flexibility index (Phi) is 3.99. The molecule has 26 heavy (non-hydrogen) atoms. The molecule has 0 aliphatic heterocycles. The highest BCUT2D eigenvalue weighted by atomic mass is 19.1. The number of carbonyl (C=O) groups excluding carboxylic acids is 1. The topological polar surface area (TPSA) is 57.8 Å². The van der Waals surface area contributed by atoms with Gasteiger partial charge in [-0.25, -0.2) is 13.2 Å². The van der Waals surface area contributed by atoms with Gasteiger partial charge >= 0.3 is 0 Å². The van der Waals surface area contributed by atoms with Crippen LogP contribution in [0.25, 0.3) is 11.3 Å². The number of rotatable bonds is 4. The molecule has 1 aliphatic rings. The van der Waals surface area contributed by atoms with Crippen LogP contribution in [0.2, 0.25) is 0 Å². The number of hydrogen-bond acceptors (Lipinski definition) is 2. The summed E-state index contributed by atoms with van der Waals surface area (Å²) in [6.45, 7) is 0. The van der Waals surface area contributed by atoms with Crippen LogP contribution >= 0.6 is 0 Å². The number of halogens is 3. The Morgan fingerprint density at radius 2 is 1.77 bits per heavy atom. The highest BCUT2D eigenvalue weighted by Crippen LogP contribution is 2.45. The smallest absolute Gasteiger partial charge is 0.261 e. The van der Waals surface area contributed by atoms with Crippen LogP contribution < -0.4 is 5.32 Å². The van der Waals surface area contributed by atoms with Crippen molar-refractivity contribution in [3.8, 4) is 11.3 Å². The molecule has 0 saturated heterocycles. The van der Waals surface area contributed by atoms with Crippen molar-refractivity contribution in [2.75, 3.05) is 5.32 Å².